The molecule has 0 saturated carbocycles. The second kappa shape index (κ2) is 6.12. The van der Waals surface area contributed by atoms with Crippen molar-refractivity contribution < 1.29 is 5.11 Å². The summed E-state index contributed by atoms with van der Waals surface area (Å²) in [5.74, 6) is 0. The Labute approximate surface area is 82.2 Å². The summed E-state index contributed by atoms with van der Waals surface area (Å²) in [6.07, 6.45) is 1.43. The fourth-order valence-electron chi connectivity index (χ4n) is 0.857. The van der Waals surface area contributed by atoms with Crippen LogP contribution < -0.4 is 0 Å². The third kappa shape index (κ3) is 3.30. The Balaban J connectivity index is 4.73. The van der Waals surface area contributed by atoms with Crippen LogP contribution in [0, 0.1) is 0 Å². The van der Waals surface area contributed by atoms with Crippen LogP contribution in [0.15, 0.2) is 9.98 Å². The quantitative estimate of drug-likeness (QED) is 0.545. The van der Waals surface area contributed by atoms with Gasteiger partial charge in [0.15, 0.2) is 5.66 Å². The molecule has 0 spiro atoms. The second-order valence-electron chi connectivity index (χ2n) is 2.30. The first kappa shape index (κ1) is 11.6. The second-order valence-corrected chi connectivity index (χ2v) is 2.66. The maximum atomic E-state index is 9.01. The van der Waals surface area contributed by atoms with E-state index in [1.807, 2.05) is 6.92 Å². The van der Waals surface area contributed by atoms with Crippen molar-refractivity contribution in [2.45, 2.75) is 25.4 Å². The molecule has 0 fully saturated rings. The first-order valence-electron chi connectivity index (χ1n) is 3.53. The summed E-state index contributed by atoms with van der Waals surface area (Å²) in [4.78, 5) is 7.55. The molecule has 5 heteroatoms. The Morgan fingerprint density at radius 3 is 2.08 bits per heavy atom. The molecule has 0 aromatic heterocycles. The van der Waals surface area contributed by atoms with Crippen LogP contribution in [0.4, 0.5) is 0 Å². The van der Waals surface area contributed by atoms with Gasteiger partial charge in [0.25, 0.3) is 0 Å². The minimum absolute atomic E-state index is 0.214. The van der Waals surface area contributed by atoms with Crippen molar-refractivity contribution in [2.75, 3.05) is 6.61 Å². The maximum absolute atomic E-state index is 9.01. The highest BCUT2D eigenvalue weighted by molar-refractivity contribution is 7.78. The number of aliphatic imine (C=N–C) groups is 2. The van der Waals surface area contributed by atoms with Crippen molar-refractivity contribution in [1.29, 1.82) is 0 Å². The Hall–Kier alpha value is -0.440. The molecule has 66 valence electrons. The Bertz CT molecular complexity index is 212. The number of thiocarbonyl (C=S) groups is 2. The van der Waals surface area contributed by atoms with Crippen molar-refractivity contribution in [2.24, 2.45) is 9.98 Å². The van der Waals surface area contributed by atoms with E-state index in [4.69, 9.17) is 5.11 Å². The largest absolute Gasteiger partial charge is 0.392 e. The summed E-state index contributed by atoms with van der Waals surface area (Å²) in [5.41, 5.74) is -0.932. The summed E-state index contributed by atoms with van der Waals surface area (Å²) in [6, 6.07) is 0. The first-order chi connectivity index (χ1) is 5.74. The summed E-state index contributed by atoms with van der Waals surface area (Å²) in [7, 11) is 0. The molecule has 3 nitrogen and oxygen atoms in total. The molecule has 0 aliphatic rings. The van der Waals surface area contributed by atoms with Gasteiger partial charge in [0.1, 0.15) is 0 Å². The van der Waals surface area contributed by atoms with Gasteiger partial charge in [-0.3, -0.25) is 0 Å². The van der Waals surface area contributed by atoms with Crippen molar-refractivity contribution >= 4 is 34.8 Å². The minimum Gasteiger partial charge on any atom is -0.392 e. The SMILES string of the molecule is CCCC(CO)(N=C=S)N=C=S. The van der Waals surface area contributed by atoms with Gasteiger partial charge in [-0.15, -0.1) is 0 Å². The van der Waals surface area contributed by atoms with Gasteiger partial charge in [0.2, 0.25) is 0 Å². The highest BCUT2D eigenvalue weighted by Crippen LogP contribution is 2.18. The average Bonchev–Trinajstić information content (AvgIpc) is 2.06. The van der Waals surface area contributed by atoms with E-state index in [0.717, 1.165) is 6.42 Å². The number of nitrogens with zero attached hydrogens (tertiary/aromatic N) is 2. The van der Waals surface area contributed by atoms with Gasteiger partial charge < -0.3 is 5.11 Å². The van der Waals surface area contributed by atoms with Gasteiger partial charge in [-0.2, -0.15) is 9.98 Å². The lowest BCUT2D eigenvalue weighted by atomic mass is 10.1. The number of isothiocyanates is 2. The van der Waals surface area contributed by atoms with Crippen LogP contribution in [0.3, 0.4) is 0 Å². The van der Waals surface area contributed by atoms with Gasteiger partial charge in [-0.25, -0.2) is 0 Å². The molecular weight excluding hydrogens is 192 g/mol. The van der Waals surface area contributed by atoms with Crippen LogP contribution in [0.5, 0.6) is 0 Å². The highest BCUT2D eigenvalue weighted by atomic mass is 32.1. The van der Waals surface area contributed by atoms with Gasteiger partial charge in [-0.05, 0) is 30.9 Å². The van der Waals surface area contributed by atoms with E-state index >= 15 is 0 Å². The molecule has 0 rings (SSSR count). The molecule has 0 aromatic carbocycles. The normalized spacial score (nSPS) is 13.8. The molecule has 0 atom stereocenters. The third-order valence-corrected chi connectivity index (χ3v) is 1.59. The number of hydrogen-bond donors (Lipinski definition) is 1. The van der Waals surface area contributed by atoms with E-state index in [9.17, 15) is 0 Å². The summed E-state index contributed by atoms with van der Waals surface area (Å²) >= 11 is 8.89. The topological polar surface area (TPSA) is 45.0 Å². The molecule has 0 aliphatic carbocycles. The van der Waals surface area contributed by atoms with E-state index < -0.39 is 5.66 Å². The van der Waals surface area contributed by atoms with Crippen LogP contribution in [0.1, 0.15) is 19.8 Å². The Morgan fingerprint density at radius 2 is 1.83 bits per heavy atom. The van der Waals surface area contributed by atoms with E-state index in [-0.39, 0.29) is 6.61 Å². The molecule has 0 saturated heterocycles. The molecule has 0 aromatic rings. The van der Waals surface area contributed by atoms with Crippen LogP contribution >= 0.6 is 24.4 Å². The Kier molecular flexibility index (Phi) is 5.89. The minimum atomic E-state index is -0.932. The van der Waals surface area contributed by atoms with Crippen LogP contribution in [-0.4, -0.2) is 27.7 Å². The zero-order chi connectivity index (χ0) is 9.45. The molecule has 0 heterocycles. The van der Waals surface area contributed by atoms with Crippen LogP contribution in [0.2, 0.25) is 0 Å². The summed E-state index contributed by atoms with van der Waals surface area (Å²) in [5, 5.41) is 13.4. The molecule has 0 aliphatic heterocycles. The lowest BCUT2D eigenvalue weighted by Gasteiger charge is -2.18. The number of rotatable bonds is 5. The molecule has 0 radical (unpaired) electrons. The smallest absolute Gasteiger partial charge is 0.192 e. The summed E-state index contributed by atoms with van der Waals surface area (Å²) < 4.78 is 0. The Morgan fingerprint density at radius 1 is 1.33 bits per heavy atom. The average molecular weight is 202 g/mol. The summed E-state index contributed by atoms with van der Waals surface area (Å²) in [6.45, 7) is 1.75. The van der Waals surface area contributed by atoms with Gasteiger partial charge in [0, 0.05) is 0 Å². The fraction of sp³-hybridized carbons (Fsp3) is 0.714. The monoisotopic (exact) mass is 202 g/mol. The molecule has 0 unspecified atom stereocenters. The predicted octanol–water partition coefficient (Wildman–Crippen LogP) is 1.68. The molecular formula is C7H10N2OS2. The van der Waals surface area contributed by atoms with Crippen molar-refractivity contribution in [3.05, 3.63) is 0 Å². The van der Waals surface area contributed by atoms with E-state index in [1.165, 1.54) is 0 Å². The van der Waals surface area contributed by atoms with Gasteiger partial charge in [-0.1, -0.05) is 13.3 Å². The van der Waals surface area contributed by atoms with Gasteiger partial charge in [0.05, 0.1) is 16.9 Å². The first-order valence-corrected chi connectivity index (χ1v) is 4.35. The van der Waals surface area contributed by atoms with E-state index in [1.54, 1.807) is 0 Å². The zero-order valence-corrected chi connectivity index (χ0v) is 8.41. The van der Waals surface area contributed by atoms with Crippen molar-refractivity contribution in [3.8, 4) is 0 Å². The number of hydrogen-bond acceptors (Lipinski definition) is 5. The zero-order valence-electron chi connectivity index (χ0n) is 6.78. The van der Waals surface area contributed by atoms with Crippen LogP contribution in [0.25, 0.3) is 0 Å². The molecule has 1 N–H and O–H groups in total. The molecule has 0 amide bonds. The lowest BCUT2D eigenvalue weighted by Crippen LogP contribution is -2.28. The van der Waals surface area contributed by atoms with E-state index in [2.05, 4.69) is 44.7 Å². The molecule has 0 bridgehead atoms. The predicted molar refractivity (Wildman–Crippen MR) is 54.8 cm³/mol. The third-order valence-electron chi connectivity index (χ3n) is 1.41. The lowest BCUT2D eigenvalue weighted by molar-refractivity contribution is 0.195. The maximum Gasteiger partial charge on any atom is 0.192 e. The van der Waals surface area contributed by atoms with Crippen molar-refractivity contribution in [1.82, 2.24) is 0 Å². The van der Waals surface area contributed by atoms with Gasteiger partial charge >= 0.3 is 0 Å². The van der Waals surface area contributed by atoms with Crippen molar-refractivity contribution in [3.63, 3.8) is 0 Å². The number of aliphatic hydroxyl groups is 1. The van der Waals surface area contributed by atoms with Crippen LogP contribution in [-0.2, 0) is 0 Å². The van der Waals surface area contributed by atoms with E-state index in [0.29, 0.717) is 6.42 Å². The standard InChI is InChI=1S/C7H10N2OS2/c1-2-3-7(4-10,8-5-11)9-6-12/h10H,2-4H2,1H3. The number of aliphatic hydroxyl groups excluding tert-OH is 1. The fourth-order valence-corrected chi connectivity index (χ4v) is 1.20. The highest BCUT2D eigenvalue weighted by Gasteiger charge is 2.25. The molecule has 12 heavy (non-hydrogen) atoms.